The molecule has 0 bridgehead atoms. The standard InChI is InChI=1S/C73H60N6O4S2/c1-71(2,76-61-41-35-49-23-13-15-25-55(49)69(61)84-65(76)29-17-27-63-72(3,45-47-19-9-7-10-20-47)67-57-43-53(78(80)81)37-31-51(57)33-39-59(67)74(63)5)77-62-42-36-50-24-14-16-26-56(50)70(62)85-66(77)30-18-28-64-73(4,46-48-21-11-8-12-22-48)68-58-44-54(79(82)83)38-32-52(58)34-40-60(68)75(64)6/h7-44H,45-46H2,1-6H3/q+2. The van der Waals surface area contributed by atoms with Gasteiger partial charge >= 0.3 is 5.66 Å². The fourth-order valence-corrected chi connectivity index (χ4v) is 16.9. The van der Waals surface area contributed by atoms with Crippen molar-refractivity contribution in [3.8, 4) is 0 Å². The van der Waals surface area contributed by atoms with E-state index in [2.05, 4.69) is 243 Å². The Bertz CT molecular complexity index is 4600. The molecule has 0 spiro atoms. The number of hydrogen-bond acceptors (Lipinski definition) is 8. The minimum Gasteiger partial charge on any atom is -0.347 e. The van der Waals surface area contributed by atoms with Crippen LogP contribution in [0, 0.1) is 20.2 Å². The zero-order chi connectivity index (χ0) is 58.5. The van der Waals surface area contributed by atoms with E-state index in [9.17, 15) is 20.2 Å². The lowest BCUT2D eigenvalue weighted by Crippen LogP contribution is -2.71. The largest absolute Gasteiger partial charge is 0.358 e. The summed E-state index contributed by atoms with van der Waals surface area (Å²) in [6.45, 7) is 9.22. The number of nitro groups is 2. The van der Waals surface area contributed by atoms with E-state index in [1.165, 1.54) is 42.1 Å². The Morgan fingerprint density at radius 1 is 0.482 bits per heavy atom. The lowest BCUT2D eigenvalue weighted by Gasteiger charge is -2.29. The first-order valence-corrected chi connectivity index (χ1v) is 30.3. The molecule has 10 aromatic carbocycles. The molecule has 416 valence electrons. The summed E-state index contributed by atoms with van der Waals surface area (Å²) < 4.78 is 7.41. The van der Waals surface area contributed by atoms with E-state index in [0.29, 0.717) is 12.8 Å². The van der Waals surface area contributed by atoms with E-state index < -0.39 is 16.5 Å². The van der Waals surface area contributed by atoms with Gasteiger partial charge in [-0.2, -0.15) is 0 Å². The molecule has 0 aliphatic carbocycles. The number of aromatic nitrogens is 2. The second-order valence-corrected chi connectivity index (χ2v) is 25.6. The molecule has 10 nitrogen and oxygen atoms in total. The molecule has 2 unspecified atom stereocenters. The number of anilines is 2. The van der Waals surface area contributed by atoms with Gasteiger partial charge in [0, 0.05) is 107 Å². The van der Waals surface area contributed by atoms with E-state index in [4.69, 9.17) is 0 Å². The first-order valence-electron chi connectivity index (χ1n) is 28.6. The highest BCUT2D eigenvalue weighted by molar-refractivity contribution is 7.20. The molecule has 2 aliphatic heterocycles. The number of allylic oxidation sites excluding steroid dienone is 6. The highest BCUT2D eigenvalue weighted by atomic mass is 32.1. The van der Waals surface area contributed by atoms with Crippen LogP contribution in [-0.2, 0) is 29.3 Å². The Balaban J connectivity index is 0.939. The average molecular weight is 1150 g/mol. The lowest BCUT2D eigenvalue weighted by molar-refractivity contribution is -0.964. The number of nitro benzene ring substituents is 2. The van der Waals surface area contributed by atoms with Gasteiger partial charge in [0.15, 0.2) is 0 Å². The fraction of sp³-hybridized carbons (Fsp3) is 0.151. The molecular formula is C73H60N6O4S2+2. The molecule has 0 saturated carbocycles. The van der Waals surface area contributed by atoms with Gasteiger partial charge in [-0.1, -0.05) is 156 Å². The molecule has 0 fully saturated rings. The lowest BCUT2D eigenvalue weighted by atomic mass is 9.74. The summed E-state index contributed by atoms with van der Waals surface area (Å²) in [5.41, 5.74) is 9.34. The Hall–Kier alpha value is -9.62. The van der Waals surface area contributed by atoms with Gasteiger partial charge in [-0.3, -0.25) is 20.2 Å². The molecule has 12 aromatic rings. The van der Waals surface area contributed by atoms with Gasteiger partial charge in [-0.25, -0.2) is 0 Å². The summed E-state index contributed by atoms with van der Waals surface area (Å²) in [4.78, 5) is 28.5. The third kappa shape index (κ3) is 8.64. The van der Waals surface area contributed by atoms with Gasteiger partial charge in [0.05, 0.1) is 23.7 Å². The summed E-state index contributed by atoms with van der Waals surface area (Å²) in [5, 5.41) is 35.1. The van der Waals surface area contributed by atoms with Gasteiger partial charge in [0.1, 0.15) is 9.40 Å². The average Bonchev–Trinajstić information content (AvgIpc) is 2.00. The molecule has 85 heavy (non-hydrogen) atoms. The van der Waals surface area contributed by atoms with Crippen molar-refractivity contribution in [3.63, 3.8) is 0 Å². The van der Waals surface area contributed by atoms with E-state index in [1.807, 2.05) is 24.3 Å². The molecule has 0 radical (unpaired) electrons. The molecule has 2 atom stereocenters. The van der Waals surface area contributed by atoms with Crippen LogP contribution in [0.4, 0.5) is 22.7 Å². The van der Waals surface area contributed by atoms with Gasteiger partial charge < -0.3 is 9.80 Å². The summed E-state index contributed by atoms with van der Waals surface area (Å²) in [6.07, 6.45) is 14.8. The zero-order valence-electron chi connectivity index (χ0n) is 48.0. The zero-order valence-corrected chi connectivity index (χ0v) is 49.6. The minimum atomic E-state index is -0.716. The first-order chi connectivity index (χ1) is 41.1. The summed E-state index contributed by atoms with van der Waals surface area (Å²) in [7, 11) is 4.23. The predicted molar refractivity (Wildman–Crippen MR) is 351 cm³/mol. The van der Waals surface area contributed by atoms with Gasteiger partial charge in [0.2, 0.25) is 11.0 Å². The van der Waals surface area contributed by atoms with Crippen molar-refractivity contribution < 1.29 is 19.0 Å². The Labute approximate surface area is 500 Å². The normalized spacial score (nSPS) is 18.0. The molecule has 0 saturated heterocycles. The van der Waals surface area contributed by atoms with Crippen LogP contribution in [0.1, 0.15) is 60.0 Å². The second-order valence-electron chi connectivity index (χ2n) is 23.5. The third-order valence-electron chi connectivity index (χ3n) is 18.0. The summed E-state index contributed by atoms with van der Waals surface area (Å²) in [6, 6.07) is 66.2. The smallest absolute Gasteiger partial charge is 0.347 e. The maximum absolute atomic E-state index is 12.3. The van der Waals surface area contributed by atoms with Gasteiger partial charge in [-0.15, -0.1) is 9.13 Å². The SMILES string of the molecule is CN1C(=CC=Cc2sc3c4ccccc4ccc3[n+]2C(C)(C)[n+]2c(C=CC=C3N(C)c4ccc5ccc([N+](=O)[O-])cc5c4C3(C)Cc3ccccc3)sc3c4ccccc4ccc32)C(C)(Cc2ccccc2)c2c1ccc1ccc([N+](=O)[O-])cc21. The molecule has 12 heteroatoms. The number of likely N-dealkylation sites (N-methyl/N-ethyl adjacent to an activating group) is 2. The van der Waals surface area contributed by atoms with E-state index in [-0.39, 0.29) is 21.2 Å². The highest BCUT2D eigenvalue weighted by Gasteiger charge is 2.49. The highest BCUT2D eigenvalue weighted by Crippen LogP contribution is 2.54. The third-order valence-corrected chi connectivity index (χ3v) is 20.3. The van der Waals surface area contributed by atoms with Gasteiger partial charge in [0.25, 0.3) is 21.4 Å². The predicted octanol–water partition coefficient (Wildman–Crippen LogP) is 17.5. The molecular weight excluding hydrogens is 1090 g/mol. The summed E-state index contributed by atoms with van der Waals surface area (Å²) >= 11 is 3.58. The topological polar surface area (TPSA) is 101 Å². The molecule has 4 heterocycles. The van der Waals surface area contributed by atoms with Crippen LogP contribution >= 0.6 is 22.7 Å². The van der Waals surface area contributed by atoms with E-state index >= 15 is 0 Å². The molecule has 2 aromatic heterocycles. The van der Waals surface area contributed by atoms with Crippen molar-refractivity contribution in [1.29, 1.82) is 0 Å². The van der Waals surface area contributed by atoms with Crippen LogP contribution in [0.2, 0.25) is 0 Å². The summed E-state index contributed by atoms with van der Waals surface area (Å²) in [5.74, 6) is 0. The minimum absolute atomic E-state index is 0.0761. The number of hydrogen-bond donors (Lipinski definition) is 0. The number of fused-ring (bicyclic) bond motifs is 12. The van der Waals surface area contributed by atoms with E-state index in [0.717, 1.165) is 76.5 Å². The van der Waals surface area contributed by atoms with Crippen molar-refractivity contribution in [3.05, 3.63) is 282 Å². The monoisotopic (exact) mass is 1150 g/mol. The number of non-ortho nitro benzene ring substituents is 2. The number of thiazole rings is 2. The second kappa shape index (κ2) is 20.3. The van der Waals surface area contributed by atoms with Crippen molar-refractivity contribution >= 4 is 121 Å². The molecule has 0 N–H and O–H groups in total. The number of rotatable bonds is 12. The molecule has 14 rings (SSSR count). The van der Waals surface area contributed by atoms with Crippen LogP contribution in [0.5, 0.6) is 0 Å². The number of nitrogens with zero attached hydrogens (tertiary/aromatic N) is 6. The Morgan fingerprint density at radius 2 is 0.847 bits per heavy atom. The molecule has 2 aliphatic rings. The first kappa shape index (κ1) is 53.4. The fourth-order valence-electron chi connectivity index (χ4n) is 14.2. The van der Waals surface area contributed by atoms with Crippen molar-refractivity contribution in [1.82, 2.24) is 0 Å². The molecule has 0 amide bonds. The maximum Gasteiger partial charge on any atom is 0.358 e. The maximum atomic E-state index is 12.3. The van der Waals surface area contributed by atoms with Crippen LogP contribution < -0.4 is 18.9 Å². The number of benzene rings is 10. The van der Waals surface area contributed by atoms with E-state index in [1.54, 1.807) is 46.9 Å². The van der Waals surface area contributed by atoms with Crippen molar-refractivity contribution in [2.45, 2.75) is 57.0 Å². The Kier molecular flexibility index (Phi) is 12.8. The quantitative estimate of drug-likeness (QED) is 0.0686. The van der Waals surface area contributed by atoms with Crippen LogP contribution in [0.15, 0.2) is 230 Å². The van der Waals surface area contributed by atoms with Crippen LogP contribution in [0.3, 0.4) is 0 Å². The van der Waals surface area contributed by atoms with Crippen molar-refractivity contribution in [2.75, 3.05) is 23.9 Å². The van der Waals surface area contributed by atoms with Gasteiger partial charge in [-0.05, 0) is 130 Å². The van der Waals surface area contributed by atoms with Crippen LogP contribution in [-0.4, -0.2) is 23.9 Å². The Morgan fingerprint density at radius 3 is 1.26 bits per heavy atom. The van der Waals surface area contributed by atoms with Crippen molar-refractivity contribution in [2.24, 2.45) is 0 Å². The van der Waals surface area contributed by atoms with Crippen LogP contribution in [0.25, 0.3) is 75.7 Å².